The van der Waals surface area contributed by atoms with Gasteiger partial charge in [-0.1, -0.05) is 6.07 Å². The Bertz CT molecular complexity index is 477. The lowest BCUT2D eigenvalue weighted by atomic mass is 10.2. The number of rotatable bonds is 7. The number of halogens is 3. The average Bonchev–Trinajstić information content (AvgIpc) is 2.77. The van der Waals surface area contributed by atoms with Crippen molar-refractivity contribution in [3.05, 3.63) is 22.4 Å². The van der Waals surface area contributed by atoms with Crippen molar-refractivity contribution in [2.24, 2.45) is 0 Å². The number of thiophene rings is 1. The Balaban J connectivity index is 2.56. The first kappa shape index (κ1) is 17.4. The summed E-state index contributed by atoms with van der Waals surface area (Å²) < 4.78 is 37.0. The third-order valence-electron chi connectivity index (χ3n) is 2.48. The van der Waals surface area contributed by atoms with E-state index >= 15 is 0 Å². The lowest BCUT2D eigenvalue weighted by Crippen LogP contribution is -2.44. The third kappa shape index (κ3) is 7.09. The van der Waals surface area contributed by atoms with E-state index in [-0.39, 0.29) is 6.04 Å². The molecule has 1 unspecified atom stereocenters. The maximum Gasteiger partial charge on any atom is 0.401 e. The highest BCUT2D eigenvalue weighted by atomic mass is 32.1. The van der Waals surface area contributed by atoms with Crippen LogP contribution in [0.1, 0.15) is 17.8 Å². The summed E-state index contributed by atoms with van der Waals surface area (Å²) in [5.74, 6) is -2.07. The van der Waals surface area contributed by atoms with Gasteiger partial charge in [-0.3, -0.25) is 14.5 Å². The van der Waals surface area contributed by atoms with Crippen LogP contribution in [0.5, 0.6) is 0 Å². The summed E-state index contributed by atoms with van der Waals surface area (Å²) >= 11 is 1.41. The number of alkyl halides is 3. The van der Waals surface area contributed by atoms with Gasteiger partial charge in [0.1, 0.15) is 0 Å². The van der Waals surface area contributed by atoms with Gasteiger partial charge in [-0.05, 0) is 18.4 Å². The summed E-state index contributed by atoms with van der Waals surface area (Å²) in [5.41, 5.74) is 0. The predicted octanol–water partition coefficient (Wildman–Crippen LogP) is 1.87. The van der Waals surface area contributed by atoms with E-state index in [2.05, 4.69) is 5.32 Å². The number of hydrogen-bond acceptors (Lipinski definition) is 4. The highest BCUT2D eigenvalue weighted by Crippen LogP contribution is 2.18. The van der Waals surface area contributed by atoms with Gasteiger partial charge >= 0.3 is 12.1 Å². The highest BCUT2D eigenvalue weighted by molar-refractivity contribution is 7.10. The maximum absolute atomic E-state index is 12.3. The first-order valence-corrected chi connectivity index (χ1v) is 6.89. The minimum atomic E-state index is -4.56. The number of amides is 1. The first-order valence-electron chi connectivity index (χ1n) is 6.01. The molecule has 1 aromatic heterocycles. The van der Waals surface area contributed by atoms with Crippen LogP contribution in [-0.2, 0) is 9.59 Å². The van der Waals surface area contributed by atoms with Crippen LogP contribution in [0.2, 0.25) is 0 Å². The number of hydrogen-bond donors (Lipinski definition) is 2. The minimum Gasteiger partial charge on any atom is -0.480 e. The molecule has 21 heavy (non-hydrogen) atoms. The number of carbonyl (C=O) groups excluding carboxylic acids is 1. The SMILES string of the molecule is CC(NC(=O)CN(CC(=O)O)CC(F)(F)F)c1cccs1. The van der Waals surface area contributed by atoms with Gasteiger partial charge in [0.2, 0.25) is 5.91 Å². The van der Waals surface area contributed by atoms with Crippen LogP contribution in [0.25, 0.3) is 0 Å². The molecule has 0 aliphatic heterocycles. The van der Waals surface area contributed by atoms with Crippen LogP contribution in [0.3, 0.4) is 0 Å². The second-order valence-corrected chi connectivity index (χ2v) is 5.44. The van der Waals surface area contributed by atoms with E-state index in [9.17, 15) is 22.8 Å². The van der Waals surface area contributed by atoms with Crippen molar-refractivity contribution in [3.63, 3.8) is 0 Å². The van der Waals surface area contributed by atoms with Crippen molar-refractivity contribution < 1.29 is 27.9 Å². The van der Waals surface area contributed by atoms with Gasteiger partial charge < -0.3 is 10.4 Å². The summed E-state index contributed by atoms with van der Waals surface area (Å²) in [6.07, 6.45) is -4.56. The molecule has 1 heterocycles. The largest absolute Gasteiger partial charge is 0.480 e. The number of carbonyl (C=O) groups is 2. The van der Waals surface area contributed by atoms with Gasteiger partial charge in [0.25, 0.3) is 0 Å². The Morgan fingerprint density at radius 3 is 2.57 bits per heavy atom. The topological polar surface area (TPSA) is 69.6 Å². The predicted molar refractivity (Wildman–Crippen MR) is 71.0 cm³/mol. The van der Waals surface area contributed by atoms with E-state index < -0.39 is 37.7 Å². The monoisotopic (exact) mass is 324 g/mol. The summed E-state index contributed by atoms with van der Waals surface area (Å²) in [5, 5.41) is 12.9. The van der Waals surface area contributed by atoms with Crippen molar-refractivity contribution in [2.45, 2.75) is 19.1 Å². The molecule has 0 bridgehead atoms. The van der Waals surface area contributed by atoms with Gasteiger partial charge in [0, 0.05) is 4.88 Å². The van der Waals surface area contributed by atoms with Crippen LogP contribution in [0.15, 0.2) is 17.5 Å². The molecule has 1 rings (SSSR count). The molecule has 0 saturated heterocycles. The summed E-state index contributed by atoms with van der Waals surface area (Å²) in [4.78, 5) is 23.7. The average molecular weight is 324 g/mol. The second kappa shape index (κ2) is 7.41. The zero-order chi connectivity index (χ0) is 16.0. The molecule has 0 aliphatic carbocycles. The molecule has 0 aliphatic rings. The Morgan fingerprint density at radius 1 is 1.43 bits per heavy atom. The number of carboxylic acid groups (broad SMARTS) is 1. The van der Waals surface area contributed by atoms with Gasteiger partial charge in [0.15, 0.2) is 0 Å². The van der Waals surface area contributed by atoms with Gasteiger partial charge in [0.05, 0.1) is 25.7 Å². The van der Waals surface area contributed by atoms with E-state index in [4.69, 9.17) is 5.11 Å². The second-order valence-electron chi connectivity index (χ2n) is 4.46. The Kier molecular flexibility index (Phi) is 6.16. The number of nitrogens with one attached hydrogen (secondary N) is 1. The molecular formula is C12H15F3N2O3S. The van der Waals surface area contributed by atoms with Crippen molar-refractivity contribution in [1.82, 2.24) is 10.2 Å². The van der Waals surface area contributed by atoms with Crippen LogP contribution in [0, 0.1) is 0 Å². The fourth-order valence-corrected chi connectivity index (χ4v) is 2.45. The quantitative estimate of drug-likeness (QED) is 0.803. The molecule has 0 saturated carbocycles. The summed E-state index contributed by atoms with van der Waals surface area (Å²) in [7, 11) is 0. The van der Waals surface area contributed by atoms with Crippen molar-refractivity contribution in [1.29, 1.82) is 0 Å². The van der Waals surface area contributed by atoms with Gasteiger partial charge in [-0.25, -0.2) is 0 Å². The zero-order valence-electron chi connectivity index (χ0n) is 11.2. The molecule has 2 N–H and O–H groups in total. The Labute approximate surface area is 123 Å². The normalized spacial score (nSPS) is 13.2. The first-order chi connectivity index (χ1) is 9.67. The number of carboxylic acids is 1. The van der Waals surface area contributed by atoms with E-state index in [1.54, 1.807) is 19.1 Å². The smallest absolute Gasteiger partial charge is 0.401 e. The standard InChI is InChI=1S/C12H15F3N2O3S/c1-8(9-3-2-4-21-9)16-10(18)5-17(6-11(19)20)7-12(13,14)15/h2-4,8H,5-7H2,1H3,(H,16,18)(H,19,20). The van der Waals surface area contributed by atoms with E-state index in [1.165, 1.54) is 11.3 Å². The van der Waals surface area contributed by atoms with Crippen molar-refractivity contribution in [3.8, 4) is 0 Å². The third-order valence-corrected chi connectivity index (χ3v) is 3.53. The Hall–Kier alpha value is -1.61. The summed E-state index contributed by atoms with van der Waals surface area (Å²) in [6, 6.07) is 3.25. The molecule has 5 nitrogen and oxygen atoms in total. The van der Waals surface area contributed by atoms with E-state index in [1.807, 2.05) is 5.38 Å². The number of nitrogens with zero attached hydrogens (tertiary/aromatic N) is 1. The van der Waals surface area contributed by atoms with Gasteiger partial charge in [-0.2, -0.15) is 13.2 Å². The minimum absolute atomic E-state index is 0.338. The van der Waals surface area contributed by atoms with Crippen molar-refractivity contribution >= 4 is 23.2 Å². The molecular weight excluding hydrogens is 309 g/mol. The van der Waals surface area contributed by atoms with Crippen LogP contribution < -0.4 is 5.32 Å². The molecule has 118 valence electrons. The van der Waals surface area contributed by atoms with Crippen LogP contribution >= 0.6 is 11.3 Å². The molecule has 1 amide bonds. The lowest BCUT2D eigenvalue weighted by Gasteiger charge is -2.22. The fraction of sp³-hybridized carbons (Fsp3) is 0.500. The Morgan fingerprint density at radius 2 is 2.10 bits per heavy atom. The highest BCUT2D eigenvalue weighted by Gasteiger charge is 2.32. The van der Waals surface area contributed by atoms with Gasteiger partial charge in [-0.15, -0.1) is 11.3 Å². The fourth-order valence-electron chi connectivity index (χ4n) is 1.71. The van der Waals surface area contributed by atoms with Crippen molar-refractivity contribution in [2.75, 3.05) is 19.6 Å². The zero-order valence-corrected chi connectivity index (χ0v) is 12.0. The molecule has 0 aromatic carbocycles. The van der Waals surface area contributed by atoms with Crippen LogP contribution in [-0.4, -0.2) is 47.7 Å². The van der Waals surface area contributed by atoms with E-state index in [0.717, 1.165) is 4.88 Å². The molecule has 1 atom stereocenters. The molecule has 0 spiro atoms. The van der Waals surface area contributed by atoms with E-state index in [0.29, 0.717) is 4.90 Å². The number of aliphatic carboxylic acids is 1. The summed E-state index contributed by atoms with van der Waals surface area (Å²) in [6.45, 7) is -1.21. The molecule has 0 radical (unpaired) electrons. The molecule has 0 fully saturated rings. The molecule has 9 heteroatoms. The maximum atomic E-state index is 12.3. The molecule has 1 aromatic rings. The lowest BCUT2D eigenvalue weighted by molar-refractivity contribution is -0.155. The van der Waals surface area contributed by atoms with Crippen LogP contribution in [0.4, 0.5) is 13.2 Å².